The molecule has 0 spiro atoms. The molecule has 5 nitrogen and oxygen atoms in total. The molecular formula is C11H16N2O3S2. The average molecular weight is 288 g/mol. The normalized spacial score (nSPS) is 22.0. The molecule has 2 heterocycles. The second kappa shape index (κ2) is 4.97. The molecule has 0 bridgehead atoms. The highest BCUT2D eigenvalue weighted by atomic mass is 32.2. The van der Waals surface area contributed by atoms with Gasteiger partial charge >= 0.3 is 0 Å². The molecule has 0 saturated carbocycles. The van der Waals surface area contributed by atoms with Crippen LogP contribution in [0.4, 0.5) is 5.00 Å². The number of hydrogen-bond donors (Lipinski definition) is 1. The third-order valence-electron chi connectivity index (χ3n) is 3.09. The summed E-state index contributed by atoms with van der Waals surface area (Å²) >= 11 is 1.26. The van der Waals surface area contributed by atoms with E-state index in [1.54, 1.807) is 6.92 Å². The molecule has 2 rings (SSSR count). The predicted octanol–water partition coefficient (Wildman–Crippen LogP) is 1.50. The fourth-order valence-corrected chi connectivity index (χ4v) is 4.89. The zero-order valence-electron chi connectivity index (χ0n) is 10.4. The van der Waals surface area contributed by atoms with Gasteiger partial charge in [0.1, 0.15) is 5.00 Å². The Balaban J connectivity index is 2.01. The second-order valence-corrected chi connectivity index (χ2v) is 7.68. The molecule has 1 atom stereocenters. The molecule has 0 radical (unpaired) electrons. The lowest BCUT2D eigenvalue weighted by atomic mass is 10.1. The molecule has 1 aliphatic heterocycles. The van der Waals surface area contributed by atoms with Gasteiger partial charge in [-0.05, 0) is 37.7 Å². The van der Waals surface area contributed by atoms with E-state index in [0.717, 1.165) is 10.7 Å². The van der Waals surface area contributed by atoms with Crippen molar-refractivity contribution in [2.24, 2.45) is 5.92 Å². The van der Waals surface area contributed by atoms with E-state index in [1.165, 1.54) is 18.5 Å². The van der Waals surface area contributed by atoms with Gasteiger partial charge in [0, 0.05) is 6.54 Å². The topological polar surface area (TPSA) is 76.1 Å². The van der Waals surface area contributed by atoms with Crippen LogP contribution < -0.4 is 5.32 Å². The first-order chi connectivity index (χ1) is 8.39. The van der Waals surface area contributed by atoms with Crippen LogP contribution in [0.1, 0.15) is 29.4 Å². The van der Waals surface area contributed by atoms with E-state index in [4.69, 9.17) is 0 Å². The maximum absolute atomic E-state index is 11.5. The Kier molecular flexibility index (Phi) is 3.72. The minimum atomic E-state index is -2.84. The van der Waals surface area contributed by atoms with Crippen LogP contribution in [0.25, 0.3) is 0 Å². The van der Waals surface area contributed by atoms with Gasteiger partial charge in [-0.15, -0.1) is 0 Å². The number of ketones is 1. The van der Waals surface area contributed by atoms with E-state index >= 15 is 0 Å². The highest BCUT2D eigenvalue weighted by molar-refractivity contribution is 7.91. The molecule has 1 fully saturated rings. The fraction of sp³-hybridized carbons (Fsp3) is 0.636. The smallest absolute Gasteiger partial charge is 0.164 e. The zero-order valence-corrected chi connectivity index (χ0v) is 12.0. The zero-order chi connectivity index (χ0) is 13.3. The van der Waals surface area contributed by atoms with Crippen molar-refractivity contribution in [3.05, 3.63) is 11.3 Å². The second-order valence-electron chi connectivity index (χ2n) is 4.68. The van der Waals surface area contributed by atoms with Crippen LogP contribution in [0.2, 0.25) is 0 Å². The lowest BCUT2D eigenvalue weighted by Crippen LogP contribution is -2.16. The van der Waals surface area contributed by atoms with Crippen molar-refractivity contribution >= 4 is 32.2 Å². The van der Waals surface area contributed by atoms with Crippen LogP contribution in [-0.4, -0.2) is 36.6 Å². The molecular weight excluding hydrogens is 272 g/mol. The number of aryl methyl sites for hydroxylation is 1. The summed E-state index contributed by atoms with van der Waals surface area (Å²) in [6.07, 6.45) is 0.697. The SMILES string of the molecule is CC(=O)c1c(C)nsc1NCC1CCS(=O)(=O)C1. The van der Waals surface area contributed by atoms with Gasteiger partial charge in [0.05, 0.1) is 22.8 Å². The van der Waals surface area contributed by atoms with E-state index in [9.17, 15) is 13.2 Å². The van der Waals surface area contributed by atoms with Crippen molar-refractivity contribution in [2.45, 2.75) is 20.3 Å². The van der Waals surface area contributed by atoms with Gasteiger partial charge in [-0.25, -0.2) is 8.42 Å². The third-order valence-corrected chi connectivity index (χ3v) is 5.83. The Labute approximate surface area is 111 Å². The number of rotatable bonds is 4. The Hall–Kier alpha value is -0.950. The van der Waals surface area contributed by atoms with Crippen LogP contribution in [0, 0.1) is 12.8 Å². The molecule has 0 aromatic carbocycles. The molecule has 0 aliphatic carbocycles. The lowest BCUT2D eigenvalue weighted by Gasteiger charge is -2.09. The van der Waals surface area contributed by atoms with Crippen LogP contribution in [0.3, 0.4) is 0 Å². The summed E-state index contributed by atoms with van der Waals surface area (Å²) in [5, 5.41) is 3.92. The Bertz CT molecular complexity index is 563. The van der Waals surface area contributed by atoms with Gasteiger partial charge in [0.25, 0.3) is 0 Å². The van der Waals surface area contributed by atoms with Gasteiger partial charge in [-0.1, -0.05) is 0 Å². The highest BCUT2D eigenvalue weighted by Gasteiger charge is 2.28. The standard InChI is InChI=1S/C11H16N2O3S2/c1-7-10(8(2)14)11(17-13-7)12-5-9-3-4-18(15,16)6-9/h9,12H,3-6H2,1-2H3. The fourth-order valence-electron chi connectivity index (χ4n) is 2.18. The van der Waals surface area contributed by atoms with Crippen molar-refractivity contribution in [2.75, 3.05) is 23.4 Å². The highest BCUT2D eigenvalue weighted by Crippen LogP contribution is 2.26. The first-order valence-electron chi connectivity index (χ1n) is 5.80. The van der Waals surface area contributed by atoms with E-state index in [2.05, 4.69) is 9.69 Å². The van der Waals surface area contributed by atoms with Crippen molar-refractivity contribution in [1.29, 1.82) is 0 Å². The first-order valence-corrected chi connectivity index (χ1v) is 8.40. The number of nitrogens with one attached hydrogen (secondary N) is 1. The van der Waals surface area contributed by atoms with Crippen molar-refractivity contribution in [3.8, 4) is 0 Å². The molecule has 1 saturated heterocycles. The van der Waals surface area contributed by atoms with E-state index in [1.807, 2.05) is 0 Å². The summed E-state index contributed by atoms with van der Waals surface area (Å²) in [5.74, 6) is 0.647. The first kappa shape index (κ1) is 13.5. The number of anilines is 1. The number of Topliss-reactive ketones (excluding diaryl/α,β-unsaturated/α-hetero) is 1. The van der Waals surface area contributed by atoms with Gasteiger partial charge in [-0.3, -0.25) is 4.79 Å². The molecule has 18 heavy (non-hydrogen) atoms. The van der Waals surface area contributed by atoms with Gasteiger partial charge in [-0.2, -0.15) is 4.37 Å². The van der Waals surface area contributed by atoms with Crippen LogP contribution in [0.5, 0.6) is 0 Å². The van der Waals surface area contributed by atoms with Crippen molar-refractivity contribution < 1.29 is 13.2 Å². The number of hydrogen-bond acceptors (Lipinski definition) is 6. The summed E-state index contributed by atoms with van der Waals surface area (Å²) in [6.45, 7) is 3.90. The summed E-state index contributed by atoms with van der Waals surface area (Å²) < 4.78 is 26.8. The monoisotopic (exact) mass is 288 g/mol. The molecule has 100 valence electrons. The maximum Gasteiger partial charge on any atom is 0.164 e. The maximum atomic E-state index is 11.5. The quantitative estimate of drug-likeness (QED) is 0.850. The Morgan fingerprint density at radius 3 is 2.83 bits per heavy atom. The van der Waals surface area contributed by atoms with Crippen molar-refractivity contribution in [1.82, 2.24) is 4.37 Å². The van der Waals surface area contributed by atoms with Crippen LogP contribution in [0.15, 0.2) is 0 Å². The molecule has 1 aliphatic rings. The minimum Gasteiger partial charge on any atom is -0.375 e. The van der Waals surface area contributed by atoms with Crippen LogP contribution >= 0.6 is 11.5 Å². The van der Waals surface area contributed by atoms with Gasteiger partial charge in [0.2, 0.25) is 0 Å². The van der Waals surface area contributed by atoms with E-state index in [-0.39, 0.29) is 23.2 Å². The lowest BCUT2D eigenvalue weighted by molar-refractivity contribution is 0.101. The minimum absolute atomic E-state index is 0.0113. The van der Waals surface area contributed by atoms with Gasteiger partial charge in [0.15, 0.2) is 15.6 Å². The van der Waals surface area contributed by atoms with E-state index < -0.39 is 9.84 Å². The van der Waals surface area contributed by atoms with Crippen molar-refractivity contribution in [3.63, 3.8) is 0 Å². The Morgan fingerprint density at radius 2 is 2.28 bits per heavy atom. The largest absolute Gasteiger partial charge is 0.375 e. The summed E-state index contributed by atoms with van der Waals surface area (Å²) in [5.41, 5.74) is 1.36. The van der Waals surface area contributed by atoms with Gasteiger partial charge < -0.3 is 5.32 Å². The number of carbonyl (C=O) groups is 1. The number of carbonyl (C=O) groups excluding carboxylic acids is 1. The number of aromatic nitrogens is 1. The average Bonchev–Trinajstić information content (AvgIpc) is 2.78. The number of nitrogens with zero attached hydrogens (tertiary/aromatic N) is 1. The molecule has 0 amide bonds. The number of sulfone groups is 1. The van der Waals surface area contributed by atoms with E-state index in [0.29, 0.717) is 18.5 Å². The molecule has 1 N–H and O–H groups in total. The molecule has 1 aromatic heterocycles. The molecule has 1 aromatic rings. The van der Waals surface area contributed by atoms with Crippen LogP contribution in [-0.2, 0) is 9.84 Å². The Morgan fingerprint density at radius 1 is 1.56 bits per heavy atom. The summed E-state index contributed by atoms with van der Waals surface area (Å²) in [6, 6.07) is 0. The predicted molar refractivity (Wildman–Crippen MR) is 72.1 cm³/mol. The summed E-state index contributed by atoms with van der Waals surface area (Å²) in [7, 11) is -2.84. The summed E-state index contributed by atoms with van der Waals surface area (Å²) in [4.78, 5) is 11.5. The third kappa shape index (κ3) is 2.89. The molecule has 1 unspecified atom stereocenters. The molecule has 7 heteroatoms.